The number of ether oxygens (including phenoxy) is 2. The Bertz CT molecular complexity index is 1250. The molecule has 0 N–H and O–H groups in total. The van der Waals surface area contributed by atoms with Crippen LogP contribution in [0.5, 0.6) is 5.75 Å². The van der Waals surface area contributed by atoms with Gasteiger partial charge in [-0.2, -0.15) is 0 Å². The molecule has 0 heterocycles. The Morgan fingerprint density at radius 3 is 1.76 bits per heavy atom. The first-order valence-corrected chi connectivity index (χ1v) is 10.8. The largest absolute Gasteiger partial charge is 0.459 e. The first-order valence-electron chi connectivity index (χ1n) is 10.8. The molecule has 0 spiro atoms. The summed E-state index contributed by atoms with van der Waals surface area (Å²) in [5.74, 6) is -0.787. The molecule has 4 aromatic carbocycles. The first-order chi connectivity index (χ1) is 16.0. The molecule has 4 aromatic rings. The van der Waals surface area contributed by atoms with Crippen molar-refractivity contribution in [2.24, 2.45) is 0 Å². The van der Waals surface area contributed by atoms with Gasteiger partial charge in [0.25, 0.3) is 0 Å². The van der Waals surface area contributed by atoms with E-state index in [1.165, 1.54) is 0 Å². The van der Waals surface area contributed by atoms with Crippen LogP contribution in [-0.2, 0) is 4.74 Å². The van der Waals surface area contributed by atoms with Crippen LogP contribution in [0.2, 0.25) is 0 Å². The zero-order valence-electron chi connectivity index (χ0n) is 18.5. The van der Waals surface area contributed by atoms with Crippen molar-refractivity contribution in [2.75, 3.05) is 0 Å². The molecular formula is C29H24O4. The summed E-state index contributed by atoms with van der Waals surface area (Å²) in [6, 6.07) is 31.6. The molecule has 0 aliphatic carbocycles. The van der Waals surface area contributed by atoms with Gasteiger partial charge in [0.15, 0.2) is 0 Å². The van der Waals surface area contributed by atoms with Crippen molar-refractivity contribution in [1.29, 1.82) is 0 Å². The van der Waals surface area contributed by atoms with E-state index in [1.807, 2.05) is 72.8 Å². The number of para-hydroxylation sites is 1. The number of carbonyl (C=O) groups is 2. The molecule has 4 rings (SSSR count). The predicted octanol–water partition coefficient (Wildman–Crippen LogP) is 6.81. The molecule has 0 aromatic heterocycles. The Morgan fingerprint density at radius 2 is 1.18 bits per heavy atom. The lowest BCUT2D eigenvalue weighted by atomic mass is 9.87. The van der Waals surface area contributed by atoms with Crippen LogP contribution in [0.3, 0.4) is 0 Å². The molecule has 164 valence electrons. The van der Waals surface area contributed by atoms with Gasteiger partial charge in [-0.1, -0.05) is 84.9 Å². The molecule has 0 saturated heterocycles. The maximum absolute atomic E-state index is 13.6. The first kappa shape index (κ1) is 22.0. The fraction of sp³-hybridized carbons (Fsp3) is 0.103. The summed E-state index contributed by atoms with van der Waals surface area (Å²) in [4.78, 5) is 26.6. The summed E-state index contributed by atoms with van der Waals surface area (Å²) in [6.45, 7) is 3.55. The van der Waals surface area contributed by atoms with E-state index < -0.39 is 11.9 Å². The lowest BCUT2D eigenvalue weighted by molar-refractivity contribution is 0.0372. The van der Waals surface area contributed by atoms with Crippen LogP contribution in [-0.4, -0.2) is 18.0 Å². The minimum absolute atomic E-state index is 0.170. The number of esters is 2. The molecular weight excluding hydrogens is 412 g/mol. The molecule has 0 saturated carbocycles. The Balaban J connectivity index is 1.98. The van der Waals surface area contributed by atoms with Crippen LogP contribution in [0.1, 0.15) is 34.6 Å². The van der Waals surface area contributed by atoms with Gasteiger partial charge in [-0.05, 0) is 48.7 Å². The van der Waals surface area contributed by atoms with Crippen molar-refractivity contribution >= 4 is 11.9 Å². The second-order valence-corrected chi connectivity index (χ2v) is 7.80. The highest BCUT2D eigenvalue weighted by Gasteiger charge is 2.27. The van der Waals surface area contributed by atoms with Gasteiger partial charge < -0.3 is 9.47 Å². The lowest BCUT2D eigenvalue weighted by Gasteiger charge is -2.19. The quantitative estimate of drug-likeness (QED) is 0.246. The predicted molar refractivity (Wildman–Crippen MR) is 129 cm³/mol. The molecule has 33 heavy (non-hydrogen) atoms. The smallest absolute Gasteiger partial charge is 0.345 e. The van der Waals surface area contributed by atoms with Crippen molar-refractivity contribution in [3.63, 3.8) is 0 Å². The van der Waals surface area contributed by atoms with E-state index >= 15 is 0 Å². The zero-order valence-corrected chi connectivity index (χ0v) is 18.5. The van der Waals surface area contributed by atoms with E-state index in [-0.39, 0.29) is 17.2 Å². The van der Waals surface area contributed by atoms with Crippen LogP contribution in [0.25, 0.3) is 22.3 Å². The van der Waals surface area contributed by atoms with E-state index in [0.29, 0.717) is 11.3 Å². The average Bonchev–Trinajstić information content (AvgIpc) is 2.84. The van der Waals surface area contributed by atoms with E-state index in [4.69, 9.17) is 9.47 Å². The van der Waals surface area contributed by atoms with Crippen molar-refractivity contribution in [3.8, 4) is 28.0 Å². The van der Waals surface area contributed by atoms with E-state index in [1.54, 1.807) is 44.2 Å². The zero-order chi connectivity index (χ0) is 23.2. The SMILES string of the molecule is CC(C)OC(=O)c1ccc(-c2ccccc2)c(-c2ccccc2)c1C(=O)Oc1ccccc1. The molecule has 0 atom stereocenters. The summed E-state index contributed by atoms with van der Waals surface area (Å²) < 4.78 is 11.2. The standard InChI is InChI=1S/C29H24O4/c1-20(2)32-28(30)25-19-18-24(21-12-6-3-7-13-21)26(22-14-8-4-9-15-22)27(25)29(31)33-23-16-10-5-11-17-23/h3-20H,1-2H3. The highest BCUT2D eigenvalue weighted by atomic mass is 16.5. The van der Waals surface area contributed by atoms with Gasteiger partial charge in [0.1, 0.15) is 5.75 Å². The molecule has 0 radical (unpaired) electrons. The van der Waals surface area contributed by atoms with Gasteiger partial charge in [-0.25, -0.2) is 9.59 Å². The van der Waals surface area contributed by atoms with Crippen LogP contribution in [0, 0.1) is 0 Å². The number of rotatable bonds is 6. The third-order valence-electron chi connectivity index (χ3n) is 5.07. The van der Waals surface area contributed by atoms with Crippen LogP contribution >= 0.6 is 0 Å². The molecule has 4 heteroatoms. The van der Waals surface area contributed by atoms with Gasteiger partial charge in [-0.3, -0.25) is 0 Å². The fourth-order valence-electron chi connectivity index (χ4n) is 3.67. The normalized spacial score (nSPS) is 10.6. The van der Waals surface area contributed by atoms with Crippen LogP contribution in [0.4, 0.5) is 0 Å². The van der Waals surface area contributed by atoms with E-state index in [2.05, 4.69) is 0 Å². The van der Waals surface area contributed by atoms with Gasteiger partial charge >= 0.3 is 11.9 Å². The summed E-state index contributed by atoms with van der Waals surface area (Å²) in [5, 5.41) is 0. The Morgan fingerprint density at radius 1 is 0.636 bits per heavy atom. The lowest BCUT2D eigenvalue weighted by Crippen LogP contribution is -2.20. The maximum atomic E-state index is 13.6. The van der Waals surface area contributed by atoms with Crippen molar-refractivity contribution in [2.45, 2.75) is 20.0 Å². The molecule has 0 fully saturated rings. The highest BCUT2D eigenvalue weighted by Crippen LogP contribution is 2.37. The summed E-state index contributed by atoms with van der Waals surface area (Å²) in [6.07, 6.45) is -0.329. The molecule has 0 aliphatic rings. The minimum Gasteiger partial charge on any atom is -0.459 e. The van der Waals surface area contributed by atoms with Gasteiger partial charge in [0.2, 0.25) is 0 Å². The summed E-state index contributed by atoms with van der Waals surface area (Å²) >= 11 is 0. The van der Waals surface area contributed by atoms with Crippen molar-refractivity contribution in [1.82, 2.24) is 0 Å². The highest BCUT2D eigenvalue weighted by molar-refractivity contribution is 6.11. The van der Waals surface area contributed by atoms with Crippen molar-refractivity contribution in [3.05, 3.63) is 114 Å². The average molecular weight is 437 g/mol. The fourth-order valence-corrected chi connectivity index (χ4v) is 3.67. The van der Waals surface area contributed by atoms with Crippen molar-refractivity contribution < 1.29 is 19.1 Å². The maximum Gasteiger partial charge on any atom is 0.345 e. The Labute approximate surface area is 193 Å². The summed E-state index contributed by atoms with van der Waals surface area (Å²) in [5.41, 5.74) is 3.52. The topological polar surface area (TPSA) is 52.6 Å². The third-order valence-corrected chi connectivity index (χ3v) is 5.07. The van der Waals surface area contributed by atoms with E-state index in [0.717, 1.165) is 16.7 Å². The molecule has 0 bridgehead atoms. The minimum atomic E-state index is -0.617. The number of benzene rings is 4. The second kappa shape index (κ2) is 9.96. The summed E-state index contributed by atoms with van der Waals surface area (Å²) in [7, 11) is 0. The molecule has 0 aliphatic heterocycles. The number of hydrogen-bond donors (Lipinski definition) is 0. The van der Waals surface area contributed by atoms with E-state index in [9.17, 15) is 9.59 Å². The van der Waals surface area contributed by atoms with Crippen LogP contribution < -0.4 is 4.74 Å². The number of hydrogen-bond acceptors (Lipinski definition) is 4. The second-order valence-electron chi connectivity index (χ2n) is 7.80. The van der Waals surface area contributed by atoms with Gasteiger partial charge in [0.05, 0.1) is 17.2 Å². The Hall–Kier alpha value is -4.18. The molecule has 4 nitrogen and oxygen atoms in total. The number of carbonyl (C=O) groups excluding carboxylic acids is 2. The monoisotopic (exact) mass is 436 g/mol. The van der Waals surface area contributed by atoms with Crippen LogP contribution in [0.15, 0.2) is 103 Å². The molecule has 0 unspecified atom stereocenters. The third kappa shape index (κ3) is 5.01. The molecule has 0 amide bonds. The van der Waals surface area contributed by atoms with Gasteiger partial charge in [-0.15, -0.1) is 0 Å². The van der Waals surface area contributed by atoms with Gasteiger partial charge in [0, 0.05) is 5.56 Å². The Kier molecular flexibility index (Phi) is 6.65.